The van der Waals surface area contributed by atoms with Crippen LogP contribution in [-0.2, 0) is 14.3 Å². The van der Waals surface area contributed by atoms with Gasteiger partial charge >= 0.3 is 0 Å². The molecule has 0 aromatic carbocycles. The van der Waals surface area contributed by atoms with Crippen LogP contribution in [0.4, 0.5) is 0 Å². The van der Waals surface area contributed by atoms with Crippen LogP contribution in [0.1, 0.15) is 6.42 Å². The molecule has 0 aromatic heterocycles. The van der Waals surface area contributed by atoms with E-state index >= 15 is 0 Å². The van der Waals surface area contributed by atoms with Crippen LogP contribution >= 0.6 is 0 Å². The molecule has 7 N–H and O–H groups in total. The molecule has 4 atom stereocenters. The molecule has 9 heteroatoms. The van der Waals surface area contributed by atoms with Gasteiger partial charge in [-0.2, -0.15) is 0 Å². The highest BCUT2D eigenvalue weighted by atomic mass is 16.5. The summed E-state index contributed by atoms with van der Waals surface area (Å²) < 4.78 is 4.55. The Morgan fingerprint density at radius 3 is 2.05 bits per heavy atom. The minimum atomic E-state index is -1.79. The molecule has 4 unspecified atom stereocenters. The van der Waals surface area contributed by atoms with E-state index in [4.69, 9.17) is 31.3 Å². The number of carbonyl (C=O) groups is 2. The first-order chi connectivity index (χ1) is 8.81. The quantitative estimate of drug-likeness (QED) is 0.246. The lowest BCUT2D eigenvalue weighted by Gasteiger charge is -2.22. The molecule has 0 aromatic rings. The summed E-state index contributed by atoms with van der Waals surface area (Å²) in [6.07, 6.45) is -6.52. The third-order valence-electron chi connectivity index (χ3n) is 1.97. The second-order valence-electron chi connectivity index (χ2n) is 3.57. The average Bonchev–Trinajstić information content (AvgIpc) is 2.42. The first kappa shape index (κ1) is 20.2. The van der Waals surface area contributed by atoms with E-state index in [1.54, 1.807) is 0 Å². The number of primary amides is 1. The first-order valence-corrected chi connectivity index (χ1v) is 5.37. The highest BCUT2D eigenvalue weighted by Crippen LogP contribution is 2.02. The molecule has 114 valence electrons. The van der Waals surface area contributed by atoms with Crippen molar-refractivity contribution in [1.82, 2.24) is 0 Å². The maximum Gasteiger partial charge on any atom is 0.219 e. The summed E-state index contributed by atoms with van der Waals surface area (Å²) in [5.41, 5.74) is 4.76. The third kappa shape index (κ3) is 10.5. The standard InChI is InChI=1S/C6H12O6.C4H9NO2/c7-1-3(9)5(11)6(12)4(10)2-8;1-7-3-2-4(5)6/h1,3-6,8-12H,2H2;2-3H2,1H3,(H2,5,6). The van der Waals surface area contributed by atoms with E-state index in [1.165, 1.54) is 7.11 Å². The van der Waals surface area contributed by atoms with E-state index in [1.807, 2.05) is 0 Å². The van der Waals surface area contributed by atoms with Gasteiger partial charge in [-0.3, -0.25) is 4.79 Å². The molecule has 0 saturated heterocycles. The number of amides is 1. The van der Waals surface area contributed by atoms with E-state index in [9.17, 15) is 9.59 Å². The molecule has 0 bridgehead atoms. The zero-order chi connectivity index (χ0) is 15.4. The Bertz CT molecular complexity index is 250. The monoisotopic (exact) mass is 283 g/mol. The van der Waals surface area contributed by atoms with Crippen LogP contribution in [0.3, 0.4) is 0 Å². The second-order valence-corrected chi connectivity index (χ2v) is 3.57. The Morgan fingerprint density at radius 2 is 1.79 bits per heavy atom. The maximum atomic E-state index is 9.90. The molecule has 0 rings (SSSR count). The number of rotatable bonds is 8. The smallest absolute Gasteiger partial charge is 0.219 e. The topological polar surface area (TPSA) is 171 Å². The van der Waals surface area contributed by atoms with Crippen LogP contribution in [-0.4, -0.2) is 82.5 Å². The fourth-order valence-corrected chi connectivity index (χ4v) is 0.821. The average molecular weight is 283 g/mol. The summed E-state index contributed by atoms with van der Waals surface area (Å²) in [6, 6.07) is 0. The molecular weight excluding hydrogens is 262 g/mol. The van der Waals surface area contributed by atoms with E-state index in [2.05, 4.69) is 4.74 Å². The Hall–Kier alpha value is -1.10. The lowest BCUT2D eigenvalue weighted by atomic mass is 10.0. The molecule has 1 amide bonds. The number of hydrogen-bond donors (Lipinski definition) is 6. The van der Waals surface area contributed by atoms with Crippen molar-refractivity contribution in [3.05, 3.63) is 0 Å². The number of nitrogens with two attached hydrogens (primary N) is 1. The Morgan fingerprint density at radius 1 is 1.26 bits per heavy atom. The van der Waals surface area contributed by atoms with Gasteiger partial charge in [-0.15, -0.1) is 0 Å². The Balaban J connectivity index is 0. The molecule has 0 aliphatic carbocycles. The zero-order valence-corrected chi connectivity index (χ0v) is 10.5. The third-order valence-corrected chi connectivity index (χ3v) is 1.97. The maximum absolute atomic E-state index is 9.90. The Labute approximate surface area is 110 Å². The highest BCUT2D eigenvalue weighted by Gasteiger charge is 2.29. The van der Waals surface area contributed by atoms with E-state index in [0.29, 0.717) is 13.0 Å². The van der Waals surface area contributed by atoms with Crippen molar-refractivity contribution in [2.75, 3.05) is 20.3 Å². The second kappa shape index (κ2) is 12.0. The van der Waals surface area contributed by atoms with Crippen molar-refractivity contribution in [3.8, 4) is 0 Å². The van der Waals surface area contributed by atoms with Crippen molar-refractivity contribution in [3.63, 3.8) is 0 Å². The van der Waals surface area contributed by atoms with Gasteiger partial charge < -0.3 is 40.8 Å². The van der Waals surface area contributed by atoms with Crippen LogP contribution in [0, 0.1) is 0 Å². The van der Waals surface area contributed by atoms with E-state index in [-0.39, 0.29) is 12.2 Å². The van der Waals surface area contributed by atoms with Gasteiger partial charge in [0.15, 0.2) is 6.29 Å². The predicted molar refractivity (Wildman–Crippen MR) is 62.9 cm³/mol. The van der Waals surface area contributed by atoms with Crippen LogP contribution in [0.5, 0.6) is 0 Å². The van der Waals surface area contributed by atoms with Crippen LogP contribution in [0.15, 0.2) is 0 Å². The number of hydrogen-bond acceptors (Lipinski definition) is 8. The minimum absolute atomic E-state index is 0.0258. The van der Waals surface area contributed by atoms with Gasteiger partial charge in [0.2, 0.25) is 5.91 Å². The first-order valence-electron chi connectivity index (χ1n) is 5.37. The number of ether oxygens (including phenoxy) is 1. The summed E-state index contributed by atoms with van der Waals surface area (Å²) in [7, 11) is 1.53. The summed E-state index contributed by atoms with van der Waals surface area (Å²) in [5, 5.41) is 43.5. The molecule has 0 spiro atoms. The number of methoxy groups -OCH3 is 1. The summed E-state index contributed by atoms with van der Waals surface area (Å²) in [5.74, 6) is -0.318. The number of aliphatic hydroxyl groups is 5. The molecule has 0 radical (unpaired) electrons. The van der Waals surface area contributed by atoms with Crippen molar-refractivity contribution in [1.29, 1.82) is 0 Å². The SMILES string of the molecule is COCCC(N)=O.O=CC(O)C(O)C(O)C(O)CO. The number of carbonyl (C=O) groups excluding carboxylic acids is 2. The van der Waals surface area contributed by atoms with E-state index < -0.39 is 31.0 Å². The number of aldehydes is 1. The van der Waals surface area contributed by atoms with Crippen molar-refractivity contribution in [2.24, 2.45) is 5.73 Å². The Kier molecular flexibility index (Phi) is 12.7. The minimum Gasteiger partial charge on any atom is -0.394 e. The van der Waals surface area contributed by atoms with Gasteiger partial charge in [-0.25, -0.2) is 0 Å². The van der Waals surface area contributed by atoms with Crippen molar-refractivity contribution < 1.29 is 39.9 Å². The van der Waals surface area contributed by atoms with Gasteiger partial charge in [0.1, 0.15) is 24.4 Å². The van der Waals surface area contributed by atoms with Gasteiger partial charge in [0, 0.05) is 13.5 Å². The molecule has 0 aliphatic heterocycles. The van der Waals surface area contributed by atoms with Gasteiger partial charge in [-0.05, 0) is 0 Å². The summed E-state index contributed by atoms with van der Waals surface area (Å²) in [6.45, 7) is -0.334. The van der Waals surface area contributed by atoms with Crippen LogP contribution < -0.4 is 5.73 Å². The lowest BCUT2D eigenvalue weighted by molar-refractivity contribution is -0.136. The van der Waals surface area contributed by atoms with Crippen molar-refractivity contribution in [2.45, 2.75) is 30.8 Å². The lowest BCUT2D eigenvalue weighted by Crippen LogP contribution is -2.46. The van der Waals surface area contributed by atoms with Gasteiger partial charge in [0.05, 0.1) is 13.2 Å². The number of aliphatic hydroxyl groups excluding tert-OH is 5. The molecule has 9 nitrogen and oxygen atoms in total. The zero-order valence-electron chi connectivity index (χ0n) is 10.5. The van der Waals surface area contributed by atoms with Crippen molar-refractivity contribution >= 4 is 12.2 Å². The largest absolute Gasteiger partial charge is 0.394 e. The molecule has 0 aliphatic rings. The van der Waals surface area contributed by atoms with Crippen LogP contribution in [0.25, 0.3) is 0 Å². The molecular formula is C10H21NO8. The van der Waals surface area contributed by atoms with Gasteiger partial charge in [0.25, 0.3) is 0 Å². The van der Waals surface area contributed by atoms with Crippen LogP contribution in [0.2, 0.25) is 0 Å². The molecule has 19 heavy (non-hydrogen) atoms. The predicted octanol–water partition coefficient (Wildman–Crippen LogP) is -3.87. The highest BCUT2D eigenvalue weighted by molar-refractivity contribution is 5.73. The summed E-state index contributed by atoms with van der Waals surface area (Å²) >= 11 is 0. The fourth-order valence-electron chi connectivity index (χ4n) is 0.821. The van der Waals surface area contributed by atoms with E-state index in [0.717, 1.165) is 0 Å². The normalized spacial score (nSPS) is 16.5. The molecule has 0 heterocycles. The molecule has 0 saturated carbocycles. The summed E-state index contributed by atoms with van der Waals surface area (Å²) in [4.78, 5) is 19.8. The van der Waals surface area contributed by atoms with Gasteiger partial charge in [-0.1, -0.05) is 0 Å². The molecule has 0 fully saturated rings. The fraction of sp³-hybridized carbons (Fsp3) is 0.800.